The number of furan rings is 1. The second-order valence-electron chi connectivity index (χ2n) is 4.48. The normalized spacial score (nSPS) is 20.2. The van der Waals surface area contributed by atoms with Crippen molar-refractivity contribution in [3.05, 3.63) is 35.6 Å². The fourth-order valence-corrected chi connectivity index (χ4v) is 2.51. The first-order valence-corrected chi connectivity index (χ1v) is 5.83. The molecule has 1 saturated heterocycles. The van der Waals surface area contributed by atoms with E-state index >= 15 is 0 Å². The van der Waals surface area contributed by atoms with Gasteiger partial charge < -0.3 is 9.73 Å². The lowest BCUT2D eigenvalue weighted by molar-refractivity contribution is 0.533. The Morgan fingerprint density at radius 1 is 1.35 bits per heavy atom. The summed E-state index contributed by atoms with van der Waals surface area (Å²) in [6.45, 7) is 0.974. The predicted molar refractivity (Wildman–Crippen MR) is 60.9 cm³/mol. The Balaban J connectivity index is 2.04. The summed E-state index contributed by atoms with van der Waals surface area (Å²) in [5, 5.41) is 3.86. The standard InChI is InChI=1S/C13H13F2NO/c14-11-7-12(15)13-9(3-5-17-13)10(11)6-8-2-1-4-16-8/h3,5,7-8,16H,1-2,4,6H2. The summed E-state index contributed by atoms with van der Waals surface area (Å²) in [5.41, 5.74) is 0.703. The van der Waals surface area contributed by atoms with Crippen molar-refractivity contribution in [1.82, 2.24) is 5.32 Å². The molecule has 0 bridgehead atoms. The minimum Gasteiger partial charge on any atom is -0.461 e. The van der Waals surface area contributed by atoms with Crippen LogP contribution in [0.1, 0.15) is 18.4 Å². The third-order valence-corrected chi connectivity index (χ3v) is 3.36. The molecule has 2 heterocycles. The lowest BCUT2D eigenvalue weighted by Crippen LogP contribution is -2.24. The molecule has 90 valence electrons. The smallest absolute Gasteiger partial charge is 0.169 e. The molecule has 1 fully saturated rings. The van der Waals surface area contributed by atoms with E-state index in [1.807, 2.05) is 0 Å². The minimum absolute atomic E-state index is 0.152. The molecule has 0 aliphatic carbocycles. The topological polar surface area (TPSA) is 25.2 Å². The molecular formula is C13H13F2NO. The van der Waals surface area contributed by atoms with Gasteiger partial charge in [0.05, 0.1) is 6.26 Å². The summed E-state index contributed by atoms with van der Waals surface area (Å²) >= 11 is 0. The fraction of sp³-hybridized carbons (Fsp3) is 0.385. The molecule has 1 aliphatic heterocycles. The third kappa shape index (κ3) is 1.82. The highest BCUT2D eigenvalue weighted by atomic mass is 19.1. The van der Waals surface area contributed by atoms with Crippen LogP contribution < -0.4 is 5.32 Å². The van der Waals surface area contributed by atoms with Crippen LogP contribution in [-0.4, -0.2) is 12.6 Å². The number of rotatable bonds is 2. The molecule has 1 aliphatic rings. The van der Waals surface area contributed by atoms with Crippen LogP contribution in [0.15, 0.2) is 22.8 Å². The Bertz CT molecular complexity index is 544. The summed E-state index contributed by atoms with van der Waals surface area (Å²) in [6.07, 6.45) is 4.14. The molecule has 0 radical (unpaired) electrons. The van der Waals surface area contributed by atoms with Gasteiger partial charge in [-0.15, -0.1) is 0 Å². The van der Waals surface area contributed by atoms with E-state index in [0.717, 1.165) is 25.5 Å². The van der Waals surface area contributed by atoms with Gasteiger partial charge in [-0.05, 0) is 31.9 Å². The fourth-order valence-electron chi connectivity index (χ4n) is 2.51. The molecule has 2 aromatic rings. The molecule has 3 rings (SSSR count). The summed E-state index contributed by atoms with van der Waals surface area (Å²) in [7, 11) is 0. The zero-order valence-electron chi connectivity index (χ0n) is 9.30. The van der Waals surface area contributed by atoms with Crippen molar-refractivity contribution in [2.75, 3.05) is 6.54 Å². The Labute approximate surface area is 97.6 Å². The molecule has 1 atom stereocenters. The lowest BCUT2D eigenvalue weighted by Gasteiger charge is -2.11. The molecular weight excluding hydrogens is 224 g/mol. The number of fused-ring (bicyclic) bond motifs is 1. The highest BCUT2D eigenvalue weighted by Gasteiger charge is 2.20. The number of hydrogen-bond acceptors (Lipinski definition) is 2. The van der Waals surface area contributed by atoms with Crippen LogP contribution in [0.25, 0.3) is 11.0 Å². The van der Waals surface area contributed by atoms with Crippen molar-refractivity contribution >= 4 is 11.0 Å². The van der Waals surface area contributed by atoms with Gasteiger partial charge in [0.15, 0.2) is 11.4 Å². The van der Waals surface area contributed by atoms with E-state index in [9.17, 15) is 8.78 Å². The first-order valence-electron chi connectivity index (χ1n) is 5.83. The van der Waals surface area contributed by atoms with Crippen LogP contribution in [0.3, 0.4) is 0 Å². The van der Waals surface area contributed by atoms with Crippen LogP contribution in [0.2, 0.25) is 0 Å². The van der Waals surface area contributed by atoms with Gasteiger partial charge >= 0.3 is 0 Å². The Kier molecular flexibility index (Phi) is 2.59. The van der Waals surface area contributed by atoms with Gasteiger partial charge in [0, 0.05) is 23.1 Å². The summed E-state index contributed by atoms with van der Waals surface area (Å²) in [5.74, 6) is -1.12. The van der Waals surface area contributed by atoms with Crippen molar-refractivity contribution in [1.29, 1.82) is 0 Å². The van der Waals surface area contributed by atoms with Gasteiger partial charge in [0.25, 0.3) is 0 Å². The number of nitrogens with one attached hydrogen (secondary N) is 1. The SMILES string of the molecule is Fc1cc(F)c2occc2c1CC1CCCN1. The van der Waals surface area contributed by atoms with Crippen LogP contribution in [0, 0.1) is 11.6 Å². The number of benzene rings is 1. The number of hydrogen-bond donors (Lipinski definition) is 1. The second kappa shape index (κ2) is 4.11. The van der Waals surface area contributed by atoms with E-state index in [1.54, 1.807) is 6.07 Å². The van der Waals surface area contributed by atoms with Crippen molar-refractivity contribution in [3.8, 4) is 0 Å². The monoisotopic (exact) mass is 237 g/mol. The van der Waals surface area contributed by atoms with Crippen LogP contribution in [-0.2, 0) is 6.42 Å². The largest absolute Gasteiger partial charge is 0.461 e. The zero-order valence-corrected chi connectivity index (χ0v) is 9.30. The van der Waals surface area contributed by atoms with Gasteiger partial charge in [-0.2, -0.15) is 0 Å². The van der Waals surface area contributed by atoms with Crippen LogP contribution in [0.4, 0.5) is 8.78 Å². The highest BCUT2D eigenvalue weighted by molar-refractivity contribution is 5.81. The first kappa shape index (κ1) is 10.7. The molecule has 1 unspecified atom stereocenters. The number of halogens is 2. The van der Waals surface area contributed by atoms with E-state index in [2.05, 4.69) is 5.32 Å². The molecule has 1 N–H and O–H groups in total. The van der Waals surface area contributed by atoms with E-state index in [4.69, 9.17) is 4.42 Å². The molecule has 1 aromatic heterocycles. The summed E-state index contributed by atoms with van der Waals surface area (Å²) < 4.78 is 32.3. The highest BCUT2D eigenvalue weighted by Crippen LogP contribution is 2.27. The van der Waals surface area contributed by atoms with Gasteiger partial charge in [-0.1, -0.05) is 0 Å². The van der Waals surface area contributed by atoms with Crippen molar-refractivity contribution in [2.45, 2.75) is 25.3 Å². The van der Waals surface area contributed by atoms with E-state index in [-0.39, 0.29) is 11.6 Å². The zero-order chi connectivity index (χ0) is 11.8. The Morgan fingerprint density at radius 3 is 3.00 bits per heavy atom. The van der Waals surface area contributed by atoms with E-state index in [0.29, 0.717) is 17.4 Å². The molecule has 2 nitrogen and oxygen atoms in total. The van der Waals surface area contributed by atoms with Crippen molar-refractivity contribution in [2.24, 2.45) is 0 Å². The average Bonchev–Trinajstić information content (AvgIpc) is 2.95. The third-order valence-electron chi connectivity index (χ3n) is 3.36. The predicted octanol–water partition coefficient (Wildman–Crippen LogP) is 3.01. The maximum atomic E-state index is 13.8. The quantitative estimate of drug-likeness (QED) is 0.868. The van der Waals surface area contributed by atoms with Gasteiger partial charge in [-0.3, -0.25) is 0 Å². The molecule has 17 heavy (non-hydrogen) atoms. The molecule has 4 heteroatoms. The average molecular weight is 237 g/mol. The van der Waals surface area contributed by atoms with Gasteiger partial charge in [0.2, 0.25) is 0 Å². The first-order chi connectivity index (χ1) is 8.25. The van der Waals surface area contributed by atoms with Gasteiger partial charge in [0.1, 0.15) is 5.82 Å². The molecule has 0 spiro atoms. The van der Waals surface area contributed by atoms with Crippen LogP contribution in [0.5, 0.6) is 0 Å². The second-order valence-corrected chi connectivity index (χ2v) is 4.48. The van der Waals surface area contributed by atoms with Gasteiger partial charge in [-0.25, -0.2) is 8.78 Å². The summed E-state index contributed by atoms with van der Waals surface area (Å²) in [6, 6.07) is 2.83. The Morgan fingerprint density at radius 2 is 2.24 bits per heavy atom. The van der Waals surface area contributed by atoms with E-state index < -0.39 is 11.6 Å². The lowest BCUT2D eigenvalue weighted by atomic mass is 10.0. The van der Waals surface area contributed by atoms with Crippen molar-refractivity contribution < 1.29 is 13.2 Å². The molecule has 0 saturated carbocycles. The Hall–Kier alpha value is -1.42. The van der Waals surface area contributed by atoms with Crippen LogP contribution >= 0.6 is 0 Å². The van der Waals surface area contributed by atoms with Crippen molar-refractivity contribution in [3.63, 3.8) is 0 Å². The molecule has 0 amide bonds. The molecule has 1 aromatic carbocycles. The maximum absolute atomic E-state index is 13.8. The maximum Gasteiger partial charge on any atom is 0.169 e. The van der Waals surface area contributed by atoms with E-state index in [1.165, 1.54) is 6.26 Å². The minimum atomic E-state index is -0.634. The summed E-state index contributed by atoms with van der Waals surface area (Å²) in [4.78, 5) is 0.